The molecule has 1 rings (SSSR count). The van der Waals surface area contributed by atoms with Crippen LogP contribution in [0.4, 0.5) is 0 Å². The maximum atomic E-state index is 10.9. The monoisotopic (exact) mass is 349 g/mol. The van der Waals surface area contributed by atoms with E-state index in [9.17, 15) is 4.79 Å². The lowest BCUT2D eigenvalue weighted by molar-refractivity contribution is -0.129. The van der Waals surface area contributed by atoms with Crippen molar-refractivity contribution in [2.75, 3.05) is 6.54 Å². The molecule has 0 aliphatic carbocycles. The summed E-state index contributed by atoms with van der Waals surface area (Å²) in [5.41, 5.74) is 4.69. The molecule has 1 aliphatic heterocycles. The van der Waals surface area contributed by atoms with Crippen LogP contribution in [0.5, 0.6) is 0 Å². The topological polar surface area (TPSA) is 70.2 Å². The number of hydrogen-bond donors (Lipinski definition) is 2. The van der Waals surface area contributed by atoms with Gasteiger partial charge in [0.15, 0.2) is 0 Å². The number of nitrogens with zero attached hydrogens (tertiary/aromatic N) is 1. The first-order valence-corrected chi connectivity index (χ1v) is 9.92. The Morgan fingerprint density at radius 1 is 0.875 bits per heavy atom. The van der Waals surface area contributed by atoms with Crippen LogP contribution in [0, 0.1) is 11.3 Å². The zero-order chi connectivity index (χ0) is 21.3. The van der Waals surface area contributed by atoms with Gasteiger partial charge in [0.2, 0.25) is 5.91 Å². The van der Waals surface area contributed by atoms with Crippen molar-refractivity contribution in [2.45, 2.75) is 109 Å². The van der Waals surface area contributed by atoms with Crippen LogP contribution in [0.3, 0.4) is 0 Å². The van der Waals surface area contributed by atoms with Crippen molar-refractivity contribution in [1.82, 2.24) is 4.90 Å². The van der Waals surface area contributed by atoms with E-state index in [0.29, 0.717) is 12.0 Å². The molecule has 1 heterocycles. The van der Waals surface area contributed by atoms with E-state index in [4.69, 9.17) is 11.1 Å². The fourth-order valence-corrected chi connectivity index (χ4v) is 1.74. The highest BCUT2D eigenvalue weighted by atomic mass is 16.2. The van der Waals surface area contributed by atoms with Gasteiger partial charge >= 0.3 is 0 Å². The molecule has 0 spiro atoms. The van der Waals surface area contributed by atoms with Gasteiger partial charge in [0.1, 0.15) is 0 Å². The SMILES string of the molecule is CC.CC.CC.CC.CC.CC(=N)N.CC(=O)N1CC(C)CC1C. The summed E-state index contributed by atoms with van der Waals surface area (Å²) in [6.07, 6.45) is 1.17. The third kappa shape index (κ3) is 37.3. The number of carbonyl (C=O) groups is 1. The van der Waals surface area contributed by atoms with Crippen molar-refractivity contribution in [1.29, 1.82) is 5.41 Å². The van der Waals surface area contributed by atoms with Gasteiger partial charge in [-0.2, -0.15) is 0 Å². The fourth-order valence-electron chi connectivity index (χ4n) is 1.74. The summed E-state index contributed by atoms with van der Waals surface area (Å²) in [6, 6.07) is 0.465. The molecular formula is C20H51N3O. The number of hydrogen-bond acceptors (Lipinski definition) is 2. The second-order valence-corrected chi connectivity index (χ2v) is 4.04. The zero-order valence-electron chi connectivity index (χ0n) is 19.5. The maximum absolute atomic E-state index is 10.9. The third-order valence-corrected chi connectivity index (χ3v) is 2.19. The Balaban J connectivity index is -0.0000000491. The Morgan fingerprint density at radius 2 is 1.12 bits per heavy atom. The Bertz CT molecular complexity index is 215. The highest BCUT2D eigenvalue weighted by Crippen LogP contribution is 2.21. The number of likely N-dealkylation sites (tertiary alicyclic amines) is 1. The van der Waals surface area contributed by atoms with Crippen LogP contribution in [0.2, 0.25) is 0 Å². The number of nitrogens with two attached hydrogens (primary N) is 1. The molecule has 0 aromatic carbocycles. The molecule has 4 heteroatoms. The van der Waals surface area contributed by atoms with Gasteiger partial charge in [0, 0.05) is 19.5 Å². The molecule has 0 aromatic heterocycles. The lowest BCUT2D eigenvalue weighted by Crippen LogP contribution is -2.31. The van der Waals surface area contributed by atoms with Crippen LogP contribution in [-0.2, 0) is 4.79 Å². The first kappa shape index (κ1) is 38.5. The van der Waals surface area contributed by atoms with Crippen molar-refractivity contribution in [3.63, 3.8) is 0 Å². The van der Waals surface area contributed by atoms with E-state index in [2.05, 4.69) is 13.8 Å². The summed E-state index contributed by atoms with van der Waals surface area (Å²) in [4.78, 5) is 12.9. The van der Waals surface area contributed by atoms with Crippen molar-refractivity contribution in [2.24, 2.45) is 11.7 Å². The second-order valence-electron chi connectivity index (χ2n) is 4.04. The number of amides is 1. The van der Waals surface area contributed by atoms with Crippen LogP contribution in [0.25, 0.3) is 0 Å². The Kier molecular flexibility index (Phi) is 60.7. The van der Waals surface area contributed by atoms with Crippen LogP contribution >= 0.6 is 0 Å². The van der Waals surface area contributed by atoms with E-state index in [0.717, 1.165) is 6.54 Å². The predicted octanol–water partition coefficient (Wildman–Crippen LogP) is 6.34. The van der Waals surface area contributed by atoms with E-state index >= 15 is 0 Å². The molecule has 4 nitrogen and oxygen atoms in total. The molecule has 3 N–H and O–H groups in total. The summed E-state index contributed by atoms with van der Waals surface area (Å²) >= 11 is 0. The van der Waals surface area contributed by atoms with Gasteiger partial charge in [-0.25, -0.2) is 0 Å². The molecule has 2 atom stereocenters. The van der Waals surface area contributed by atoms with E-state index in [1.165, 1.54) is 13.3 Å². The highest BCUT2D eigenvalue weighted by Gasteiger charge is 2.27. The van der Waals surface area contributed by atoms with Crippen LogP contribution in [-0.4, -0.2) is 29.2 Å². The smallest absolute Gasteiger partial charge is 0.219 e. The summed E-state index contributed by atoms with van der Waals surface area (Å²) in [7, 11) is 0. The summed E-state index contributed by atoms with van der Waals surface area (Å²) in [6.45, 7) is 28.4. The summed E-state index contributed by atoms with van der Waals surface area (Å²) in [5, 5.41) is 6.28. The molecule has 152 valence electrons. The Hall–Kier alpha value is -1.06. The van der Waals surface area contributed by atoms with Crippen LogP contribution in [0.15, 0.2) is 0 Å². The van der Waals surface area contributed by atoms with Crippen molar-refractivity contribution < 1.29 is 4.79 Å². The first-order valence-electron chi connectivity index (χ1n) is 9.92. The average Bonchev–Trinajstić information content (AvgIpc) is 2.95. The molecule has 1 amide bonds. The number of rotatable bonds is 0. The highest BCUT2D eigenvalue weighted by molar-refractivity contribution is 5.74. The lowest BCUT2D eigenvalue weighted by Gasteiger charge is -2.18. The molecule has 1 fully saturated rings. The number of nitrogens with one attached hydrogen (secondary N) is 1. The zero-order valence-corrected chi connectivity index (χ0v) is 19.5. The van der Waals surface area contributed by atoms with Gasteiger partial charge in [0.25, 0.3) is 0 Å². The first-order chi connectivity index (χ1) is 11.3. The van der Waals surface area contributed by atoms with E-state index < -0.39 is 0 Å². The van der Waals surface area contributed by atoms with Gasteiger partial charge in [-0.1, -0.05) is 76.2 Å². The second kappa shape index (κ2) is 37.9. The van der Waals surface area contributed by atoms with Gasteiger partial charge in [-0.15, -0.1) is 0 Å². The maximum Gasteiger partial charge on any atom is 0.219 e. The quantitative estimate of drug-likeness (QED) is 0.396. The van der Waals surface area contributed by atoms with E-state index in [-0.39, 0.29) is 11.7 Å². The normalized spacial score (nSPS) is 16.0. The van der Waals surface area contributed by atoms with Gasteiger partial charge in [0.05, 0.1) is 5.84 Å². The summed E-state index contributed by atoms with van der Waals surface area (Å²) < 4.78 is 0. The molecule has 0 radical (unpaired) electrons. The number of amidine groups is 1. The molecule has 24 heavy (non-hydrogen) atoms. The van der Waals surface area contributed by atoms with Crippen molar-refractivity contribution in [3.8, 4) is 0 Å². The fraction of sp³-hybridized carbons (Fsp3) is 0.900. The predicted molar refractivity (Wildman–Crippen MR) is 115 cm³/mol. The molecule has 1 aliphatic rings. The Labute approximate surface area is 155 Å². The minimum absolute atomic E-state index is 0.167. The molecular weight excluding hydrogens is 298 g/mol. The molecule has 0 bridgehead atoms. The summed E-state index contributed by atoms with van der Waals surface area (Å²) in [5.74, 6) is 1.08. The van der Waals surface area contributed by atoms with E-state index in [1.807, 2.05) is 74.1 Å². The Morgan fingerprint density at radius 3 is 1.21 bits per heavy atom. The lowest BCUT2D eigenvalue weighted by atomic mass is 10.1. The third-order valence-electron chi connectivity index (χ3n) is 2.19. The standard InChI is InChI=1S/C8H15NO.C2H6N2.5C2H6/c1-6-4-7(2)9(5-6)8(3)10;1-2(3)4;5*1-2/h6-7H,4-5H2,1-3H3;1H3,(H3,3,4);5*1-2H3. The van der Waals surface area contributed by atoms with E-state index in [1.54, 1.807) is 6.92 Å². The van der Waals surface area contributed by atoms with Gasteiger partial charge < -0.3 is 10.6 Å². The average molecular weight is 350 g/mol. The molecule has 1 saturated heterocycles. The minimum Gasteiger partial charge on any atom is -0.388 e. The molecule has 0 saturated carbocycles. The number of carbonyl (C=O) groups excluding carboxylic acids is 1. The van der Waals surface area contributed by atoms with Gasteiger partial charge in [-0.3, -0.25) is 10.2 Å². The molecule has 2 unspecified atom stereocenters. The minimum atomic E-state index is 0.167. The van der Waals surface area contributed by atoms with Crippen molar-refractivity contribution in [3.05, 3.63) is 0 Å². The molecule has 0 aromatic rings. The van der Waals surface area contributed by atoms with Gasteiger partial charge in [-0.05, 0) is 26.2 Å². The van der Waals surface area contributed by atoms with Crippen LogP contribution < -0.4 is 5.73 Å². The van der Waals surface area contributed by atoms with Crippen molar-refractivity contribution >= 4 is 11.7 Å². The van der Waals surface area contributed by atoms with Crippen LogP contribution in [0.1, 0.15) is 103 Å². The largest absolute Gasteiger partial charge is 0.388 e.